The Morgan fingerprint density at radius 3 is 2.92 bits per heavy atom. The van der Waals surface area contributed by atoms with Crippen LogP contribution in [0.1, 0.15) is 33.4 Å². The zero-order valence-electron chi connectivity index (χ0n) is 13.6. The van der Waals surface area contributed by atoms with Crippen LogP contribution in [0.5, 0.6) is 0 Å². The number of rotatable bonds is 3. The number of thiazole rings is 1. The molecule has 132 valence electrons. The number of ether oxygens (including phenoxy) is 2. The van der Waals surface area contributed by atoms with E-state index >= 15 is 0 Å². The number of anilines is 1. The Morgan fingerprint density at radius 2 is 2.29 bits per heavy atom. The van der Waals surface area contributed by atoms with Crippen LogP contribution in [0.2, 0.25) is 0 Å². The second-order valence-electron chi connectivity index (χ2n) is 4.87. The van der Waals surface area contributed by atoms with Gasteiger partial charge in [0.1, 0.15) is 6.10 Å². The number of hydrogen-bond donors (Lipinski definition) is 2. The quantitative estimate of drug-likeness (QED) is 0.768. The van der Waals surface area contributed by atoms with Gasteiger partial charge in [0.2, 0.25) is 5.95 Å². The Hall–Kier alpha value is -2.04. The number of aliphatic hydroxyl groups excluding tert-OH is 1. The predicted molar refractivity (Wildman–Crippen MR) is 88.6 cm³/mol. The van der Waals surface area contributed by atoms with Gasteiger partial charge in [0.15, 0.2) is 11.9 Å². The third-order valence-electron chi connectivity index (χ3n) is 3.30. The molecule has 10 heteroatoms. The van der Waals surface area contributed by atoms with Crippen molar-refractivity contribution in [3.05, 3.63) is 15.9 Å². The van der Waals surface area contributed by atoms with E-state index in [2.05, 4.69) is 9.97 Å². The number of hydrogen-bond acceptors (Lipinski definition) is 9. The number of nitrogens with zero attached hydrogens (tertiary/aromatic N) is 3. The van der Waals surface area contributed by atoms with E-state index in [0.717, 1.165) is 11.3 Å². The number of esters is 1. The van der Waals surface area contributed by atoms with Gasteiger partial charge < -0.3 is 20.3 Å². The van der Waals surface area contributed by atoms with Crippen LogP contribution in [0.3, 0.4) is 0 Å². The number of carbonyl (C=O) groups is 1. The lowest BCUT2D eigenvalue weighted by atomic mass is 10.2. The molecule has 0 amide bonds. The zero-order chi connectivity index (χ0) is 17.9. The summed E-state index contributed by atoms with van der Waals surface area (Å²) >= 11 is 0.948. The minimum absolute atomic E-state index is 0.0276. The second kappa shape index (κ2) is 7.69. The highest BCUT2D eigenvalue weighted by Gasteiger charge is 2.40. The molecule has 0 bridgehead atoms. The maximum atomic E-state index is 12.3. The first-order valence-electron chi connectivity index (χ1n) is 7.56. The molecular weight excluding hydrogens is 336 g/mol. The summed E-state index contributed by atoms with van der Waals surface area (Å²) in [6.45, 7) is 5.04. The van der Waals surface area contributed by atoms with E-state index in [1.54, 1.807) is 0 Å². The molecule has 3 atom stereocenters. The number of fused-ring (bicyclic) bond motifs is 1. The zero-order valence-corrected chi connectivity index (χ0v) is 14.4. The minimum Gasteiger partial charge on any atom is -0.458 e. The third kappa shape index (κ3) is 3.55. The lowest BCUT2D eigenvalue weighted by molar-refractivity contribution is -0.152. The number of nitrogen functional groups attached to an aromatic ring is 1. The number of aliphatic hydroxyl groups is 1. The summed E-state index contributed by atoms with van der Waals surface area (Å²) in [6.07, 6.45) is -0.293. The molecule has 9 nitrogen and oxygen atoms in total. The molecule has 0 unspecified atom stereocenters. The van der Waals surface area contributed by atoms with Crippen molar-refractivity contribution < 1.29 is 19.4 Å². The monoisotopic (exact) mass is 356 g/mol. The molecule has 3 heterocycles. The summed E-state index contributed by atoms with van der Waals surface area (Å²) in [6, 6.07) is 0. The van der Waals surface area contributed by atoms with E-state index in [9.17, 15) is 14.7 Å². The lowest BCUT2D eigenvalue weighted by Crippen LogP contribution is -2.30. The van der Waals surface area contributed by atoms with Gasteiger partial charge in [-0.15, -0.1) is 0 Å². The maximum absolute atomic E-state index is 12.3. The van der Waals surface area contributed by atoms with Gasteiger partial charge in [-0.05, 0) is 0 Å². The standard InChI is InChI=1S/C12H14N4O5S.C2H6/c1-5(18)20-7-2-6(4-17)21-10(7)16-9-8(22-12(16)19)3-14-11(13)15-9;1-2/h3,6-7,10,17H,2,4H2,1H3,(H2,13,14,15);1-2H3/t6-,7+,10+;/m0./s1. The molecule has 0 radical (unpaired) electrons. The number of nitrogens with two attached hydrogens (primary N) is 1. The lowest BCUT2D eigenvalue weighted by Gasteiger charge is -2.19. The van der Waals surface area contributed by atoms with E-state index in [4.69, 9.17) is 15.2 Å². The van der Waals surface area contributed by atoms with E-state index in [-0.39, 0.29) is 17.4 Å². The third-order valence-corrected chi connectivity index (χ3v) is 4.18. The van der Waals surface area contributed by atoms with Gasteiger partial charge in [0.25, 0.3) is 0 Å². The smallest absolute Gasteiger partial charge is 0.311 e. The Kier molecular flexibility index (Phi) is 5.86. The molecule has 2 aromatic heterocycles. The minimum atomic E-state index is -0.850. The summed E-state index contributed by atoms with van der Waals surface area (Å²) < 4.78 is 12.7. The molecule has 1 fully saturated rings. The highest BCUT2D eigenvalue weighted by atomic mass is 32.1. The van der Waals surface area contributed by atoms with E-state index < -0.39 is 24.4 Å². The molecule has 3 rings (SSSR count). The van der Waals surface area contributed by atoms with Crippen molar-refractivity contribution in [3.63, 3.8) is 0 Å². The second-order valence-corrected chi connectivity index (χ2v) is 5.86. The van der Waals surface area contributed by atoms with Crippen LogP contribution in [-0.4, -0.2) is 44.4 Å². The first-order valence-corrected chi connectivity index (χ1v) is 8.38. The maximum Gasteiger partial charge on any atom is 0.311 e. The first kappa shape index (κ1) is 18.3. The summed E-state index contributed by atoms with van der Waals surface area (Å²) in [4.78, 5) is 31.1. The van der Waals surface area contributed by atoms with Crippen LogP contribution in [0.15, 0.2) is 11.0 Å². The fourth-order valence-corrected chi connectivity index (χ4v) is 3.27. The summed E-state index contributed by atoms with van der Waals surface area (Å²) in [5.41, 5.74) is 5.89. The van der Waals surface area contributed by atoms with Crippen molar-refractivity contribution in [2.45, 2.75) is 45.6 Å². The fraction of sp³-hybridized carbons (Fsp3) is 0.571. The van der Waals surface area contributed by atoms with Crippen molar-refractivity contribution in [2.24, 2.45) is 0 Å². The van der Waals surface area contributed by atoms with Gasteiger partial charge in [0.05, 0.1) is 23.6 Å². The Bertz CT molecular complexity index is 774. The molecule has 0 aromatic carbocycles. The molecule has 3 N–H and O–H groups in total. The SMILES string of the molecule is CC.CC(=O)O[C@@H]1C[C@@H](CO)O[C@H]1n1c(=O)sc2cnc(N)nc21. The number of aromatic nitrogens is 3. The predicted octanol–water partition coefficient (Wildman–Crippen LogP) is 0.673. The van der Waals surface area contributed by atoms with Gasteiger partial charge in [0, 0.05) is 13.3 Å². The van der Waals surface area contributed by atoms with Crippen molar-refractivity contribution in [1.29, 1.82) is 0 Å². The highest BCUT2D eigenvalue weighted by Crippen LogP contribution is 2.33. The molecule has 2 aromatic rings. The largest absolute Gasteiger partial charge is 0.458 e. The number of carbonyl (C=O) groups excluding carboxylic acids is 1. The van der Waals surface area contributed by atoms with Gasteiger partial charge in [-0.1, -0.05) is 25.2 Å². The molecule has 1 aliphatic rings. The van der Waals surface area contributed by atoms with Crippen LogP contribution >= 0.6 is 11.3 Å². The van der Waals surface area contributed by atoms with E-state index in [1.807, 2.05) is 13.8 Å². The molecule has 0 aliphatic carbocycles. The van der Waals surface area contributed by atoms with Gasteiger partial charge in [-0.2, -0.15) is 4.98 Å². The van der Waals surface area contributed by atoms with Crippen molar-refractivity contribution in [3.8, 4) is 0 Å². The van der Waals surface area contributed by atoms with Gasteiger partial charge >= 0.3 is 10.8 Å². The van der Waals surface area contributed by atoms with E-state index in [0.29, 0.717) is 16.8 Å². The van der Waals surface area contributed by atoms with Gasteiger partial charge in [-0.25, -0.2) is 4.98 Å². The fourth-order valence-electron chi connectivity index (χ4n) is 2.45. The summed E-state index contributed by atoms with van der Waals surface area (Å²) in [5, 5.41) is 9.26. The highest BCUT2D eigenvalue weighted by molar-refractivity contribution is 7.16. The topological polar surface area (TPSA) is 130 Å². The Morgan fingerprint density at radius 1 is 1.58 bits per heavy atom. The molecule has 0 spiro atoms. The first-order chi connectivity index (χ1) is 11.5. The Labute approximate surface area is 142 Å². The molecule has 0 saturated carbocycles. The normalized spacial score (nSPS) is 22.9. The average molecular weight is 356 g/mol. The van der Waals surface area contributed by atoms with Gasteiger partial charge in [-0.3, -0.25) is 14.2 Å². The summed E-state index contributed by atoms with van der Waals surface area (Å²) in [7, 11) is 0. The van der Waals surface area contributed by atoms with Crippen molar-refractivity contribution in [1.82, 2.24) is 14.5 Å². The molecular formula is C14H20N4O5S. The van der Waals surface area contributed by atoms with Crippen LogP contribution in [0, 0.1) is 0 Å². The molecule has 24 heavy (non-hydrogen) atoms. The van der Waals surface area contributed by atoms with E-state index in [1.165, 1.54) is 17.7 Å². The average Bonchev–Trinajstić information content (AvgIpc) is 3.08. The van der Waals surface area contributed by atoms with Crippen LogP contribution in [0.25, 0.3) is 10.3 Å². The van der Waals surface area contributed by atoms with Crippen molar-refractivity contribution >= 4 is 33.6 Å². The Balaban J connectivity index is 0.00000100. The molecule has 1 aliphatic heterocycles. The van der Waals surface area contributed by atoms with Crippen molar-refractivity contribution in [2.75, 3.05) is 12.3 Å². The van der Waals surface area contributed by atoms with Crippen LogP contribution < -0.4 is 10.6 Å². The summed E-state index contributed by atoms with van der Waals surface area (Å²) in [5.74, 6) is -0.460. The molecule has 1 saturated heterocycles. The van der Waals surface area contributed by atoms with Crippen LogP contribution in [0.4, 0.5) is 5.95 Å². The van der Waals surface area contributed by atoms with Crippen LogP contribution in [-0.2, 0) is 14.3 Å².